The highest BCUT2D eigenvalue weighted by atomic mass is 16.8. The monoisotopic (exact) mass is 1620 g/mol. The molecule has 0 aromatic carbocycles. The maximum absolute atomic E-state index is 13.6. The summed E-state index contributed by atoms with van der Waals surface area (Å²) in [6.45, 7) is -9.93. The minimum atomic E-state index is -2.45. The summed E-state index contributed by atoms with van der Waals surface area (Å²) in [5, 5.41) is 324. The molecule has 0 aromatic rings. The molecule has 24 heterocycles. The Morgan fingerprint density at radius 1 is 0.273 bits per heavy atom. The van der Waals surface area contributed by atoms with Gasteiger partial charge < -0.3 is 243 Å². The highest BCUT2D eigenvalue weighted by Crippen LogP contribution is 2.41. The standard InChI is InChI=1S/C60H99NO49/c62-2-13-12(94-53-34(82)24(72)25(73)49(110-53)50(90)61-22-14(3-63)93-51(91)33(81)23(22)71)1-11(70)52(95-13)92-10-21-48-32(80)41(89)60(102-21)108-47-20(9-69)100-58(39(87)30(47)78)106-45-18(7-67)98-56(37(85)28(45)76)104-43-16(5-65)96-54(35(83)26(43)74)103-42-15(4-64)97-55(36(84)27(42)75)105-44-17(6-66)99-57(38(86)29(44)77)107-46-19(8-68)101-59(109-48)40(88)31(46)79/h11-49,51-60,62-89,91H,1-10H2,(H,61,90)/t11-,12+,13-,14-,15-,16-,17-,18-,19-,20-,21-,22-,23+,24+,25+,26-,27-,28-,29-,30+,31-,32-,33-,34-,35-,36-,37+,38-,39+,40-,41-,42-,43-,44-,45-,46-,47-,48-,49+,51+,52+,53+,54-,55-,56-,57-,58?,59-,60-/m1/s1. The van der Waals surface area contributed by atoms with E-state index in [1.165, 1.54) is 0 Å². The van der Waals surface area contributed by atoms with Crippen molar-refractivity contribution in [2.45, 2.75) is 307 Å². The normalized spacial score (nSPS) is 54.3. The molecule has 638 valence electrons. The summed E-state index contributed by atoms with van der Waals surface area (Å²) in [6, 6.07) is -1.69. The lowest BCUT2D eigenvalue weighted by Gasteiger charge is -2.50. The summed E-state index contributed by atoms with van der Waals surface area (Å²) < 4.78 is 109. The van der Waals surface area contributed by atoms with E-state index < -0.39 is 373 Å². The summed E-state index contributed by atoms with van der Waals surface area (Å²) in [5.74, 6) is -1.36. The van der Waals surface area contributed by atoms with Crippen molar-refractivity contribution < 1.29 is 243 Å². The van der Waals surface area contributed by atoms with Gasteiger partial charge in [0.15, 0.2) is 69.0 Å². The molecule has 110 heavy (non-hydrogen) atoms. The van der Waals surface area contributed by atoms with Crippen LogP contribution in [0.25, 0.3) is 0 Å². The number of rotatable bonds is 15. The number of amides is 1. The van der Waals surface area contributed by atoms with Crippen LogP contribution in [0.4, 0.5) is 0 Å². The van der Waals surface area contributed by atoms with Crippen molar-refractivity contribution in [1.82, 2.24) is 5.32 Å². The van der Waals surface area contributed by atoms with E-state index in [4.69, 9.17) is 90.0 Å². The van der Waals surface area contributed by atoms with Gasteiger partial charge in [0.05, 0.1) is 71.6 Å². The maximum Gasteiger partial charge on any atom is 0.252 e. The molecule has 50 nitrogen and oxygen atoms in total. The molecule has 49 atom stereocenters. The van der Waals surface area contributed by atoms with Crippen LogP contribution >= 0.6 is 0 Å². The number of aliphatic hydroxyl groups is 29. The van der Waals surface area contributed by atoms with Crippen LogP contribution < -0.4 is 5.32 Å². The molecular weight excluding hydrogens is 1520 g/mol. The second kappa shape index (κ2) is 37.7. The number of carbonyl (C=O) groups excluding carboxylic acids is 1. The zero-order valence-corrected chi connectivity index (χ0v) is 57.5. The van der Waals surface area contributed by atoms with Crippen molar-refractivity contribution >= 4 is 5.91 Å². The summed E-state index contributed by atoms with van der Waals surface area (Å²) in [6.07, 6.45) is -102. The largest absolute Gasteiger partial charge is 0.394 e. The van der Waals surface area contributed by atoms with Gasteiger partial charge in [0.25, 0.3) is 5.91 Å². The summed E-state index contributed by atoms with van der Waals surface area (Å²) in [5.41, 5.74) is 0. The molecule has 14 bridgehead atoms. The van der Waals surface area contributed by atoms with Crippen LogP contribution in [0.1, 0.15) is 6.42 Å². The van der Waals surface area contributed by atoms with Gasteiger partial charge in [-0.15, -0.1) is 0 Å². The van der Waals surface area contributed by atoms with Gasteiger partial charge in [-0.05, 0) is 0 Å². The summed E-state index contributed by atoms with van der Waals surface area (Å²) in [7, 11) is 0. The first kappa shape index (κ1) is 88.4. The van der Waals surface area contributed by atoms with Crippen LogP contribution in [0.2, 0.25) is 0 Å². The lowest BCUT2D eigenvalue weighted by Crippen LogP contribution is -2.68. The zero-order valence-electron chi connectivity index (χ0n) is 57.5. The van der Waals surface area contributed by atoms with Crippen LogP contribution in [0, 0.1) is 0 Å². The van der Waals surface area contributed by atoms with E-state index in [1.54, 1.807) is 0 Å². The van der Waals surface area contributed by atoms with E-state index >= 15 is 0 Å². The lowest BCUT2D eigenvalue weighted by molar-refractivity contribution is -0.399. The van der Waals surface area contributed by atoms with Crippen molar-refractivity contribution in [1.29, 1.82) is 0 Å². The number of hydrogen-bond acceptors (Lipinski definition) is 49. The SMILES string of the molecule is O=C(N[C@H]1[C@H](O)[C@@H](O)[C@@H](O)O[C@@H]1CO)[C@H]1O[C@H](O[C@H]2C[C@@H](O)[C@@H](OC[C@H]3O[C@@H]4O[C@H]5[C@@H](O)[C@H](O)C(O[C@H]6[C@H](O)[C@H](O)[C@@H](O[C@H]7[C@H](O)[C@@H](O)[C@@H](O[C@H]8[C@H](O)[C@@H](O)[C@@H](O[C@H]9[C@H](O)[C@@H](O)[C@@H](O[C@H]%10[C@H](O)[C@@H](O)[C@@H](O[C@H]3[C@H](O)[C@H]4O)O[C@@H]%10CO)O[C@@H]9CO)O[C@@H]8CO)O[C@@H]7CO)O[C@@H]6CO)O[C@@H]5CO)O[C@@H]2CO)[C@H](O)[C@@H](O)[C@@H]1O. The number of nitrogens with one attached hydrogen (secondary N) is 1. The second-order valence-electron chi connectivity index (χ2n) is 28.2. The van der Waals surface area contributed by atoms with Gasteiger partial charge in [-0.25, -0.2) is 0 Å². The molecular formula is C60H99NO49. The summed E-state index contributed by atoms with van der Waals surface area (Å²) >= 11 is 0. The number of aliphatic hydroxyl groups excluding tert-OH is 29. The molecule has 24 aliphatic rings. The highest BCUT2D eigenvalue weighted by Gasteiger charge is 2.61. The highest BCUT2D eigenvalue weighted by molar-refractivity contribution is 5.82. The molecule has 1 unspecified atom stereocenters. The molecule has 24 fully saturated rings. The second-order valence-corrected chi connectivity index (χ2v) is 28.2. The molecule has 1 amide bonds. The van der Waals surface area contributed by atoms with Gasteiger partial charge in [0.1, 0.15) is 220 Å². The Hall–Kier alpha value is -2.45. The third kappa shape index (κ3) is 17.8. The smallest absolute Gasteiger partial charge is 0.252 e. The molecule has 0 aliphatic carbocycles. The number of carbonyl (C=O) groups is 1. The molecule has 30 N–H and O–H groups in total. The van der Waals surface area contributed by atoms with Gasteiger partial charge in [-0.1, -0.05) is 0 Å². The maximum atomic E-state index is 13.6. The van der Waals surface area contributed by atoms with Gasteiger partial charge in [0, 0.05) is 6.42 Å². The molecule has 0 spiro atoms. The molecule has 24 rings (SSSR count). The number of hydrogen-bond donors (Lipinski definition) is 30. The first-order valence-corrected chi connectivity index (χ1v) is 35.2. The van der Waals surface area contributed by atoms with Crippen LogP contribution in [0.15, 0.2) is 0 Å². The van der Waals surface area contributed by atoms with E-state index in [2.05, 4.69) is 5.32 Å². The molecule has 24 aliphatic heterocycles. The predicted octanol–water partition coefficient (Wildman–Crippen LogP) is -21.6. The Balaban J connectivity index is 0.849. The average Bonchev–Trinajstić information content (AvgIpc) is 0.773. The van der Waals surface area contributed by atoms with E-state index in [-0.39, 0.29) is 0 Å². The molecule has 0 aromatic heterocycles. The predicted molar refractivity (Wildman–Crippen MR) is 327 cm³/mol. The topological polar surface area (TPSA) is 791 Å². The van der Waals surface area contributed by atoms with Crippen molar-refractivity contribution in [2.75, 3.05) is 59.5 Å². The first-order valence-electron chi connectivity index (χ1n) is 35.2. The van der Waals surface area contributed by atoms with Crippen LogP contribution in [-0.2, 0) is 94.8 Å². The van der Waals surface area contributed by atoms with Gasteiger partial charge >= 0.3 is 0 Å². The van der Waals surface area contributed by atoms with Crippen molar-refractivity contribution in [3.8, 4) is 0 Å². The average molecular weight is 1620 g/mol. The van der Waals surface area contributed by atoms with E-state index in [9.17, 15) is 153 Å². The summed E-state index contributed by atoms with van der Waals surface area (Å²) in [4.78, 5) is 13.6. The first-order chi connectivity index (χ1) is 52.3. The third-order valence-electron chi connectivity index (χ3n) is 21.1. The lowest BCUT2D eigenvalue weighted by atomic mass is 9.94. The van der Waals surface area contributed by atoms with Gasteiger partial charge in [-0.2, -0.15) is 0 Å². The quantitative estimate of drug-likeness (QED) is 0.0724. The molecule has 24 saturated heterocycles. The minimum Gasteiger partial charge on any atom is -0.394 e. The number of ether oxygens (including phenoxy) is 19. The Morgan fingerprint density at radius 2 is 0.564 bits per heavy atom. The van der Waals surface area contributed by atoms with Crippen LogP contribution in [0.5, 0.6) is 0 Å². The Labute approximate surface area is 619 Å². The third-order valence-corrected chi connectivity index (χ3v) is 21.1. The van der Waals surface area contributed by atoms with E-state index in [1.807, 2.05) is 0 Å². The Kier molecular flexibility index (Phi) is 30.2. The zero-order chi connectivity index (χ0) is 80.1. The van der Waals surface area contributed by atoms with Crippen molar-refractivity contribution in [3.63, 3.8) is 0 Å². The van der Waals surface area contributed by atoms with Gasteiger partial charge in [0.2, 0.25) is 0 Å². The molecule has 50 heteroatoms. The minimum absolute atomic E-state index is 0.687. The van der Waals surface area contributed by atoms with Crippen molar-refractivity contribution in [3.05, 3.63) is 0 Å². The van der Waals surface area contributed by atoms with Gasteiger partial charge in [-0.3, -0.25) is 4.79 Å². The van der Waals surface area contributed by atoms with E-state index in [0.717, 1.165) is 0 Å². The Morgan fingerprint density at radius 3 is 0.864 bits per heavy atom. The fraction of sp³-hybridized carbons (Fsp3) is 0.983. The van der Waals surface area contributed by atoms with Crippen molar-refractivity contribution in [2.24, 2.45) is 0 Å². The fourth-order valence-corrected chi connectivity index (χ4v) is 14.8. The fourth-order valence-electron chi connectivity index (χ4n) is 14.8. The molecule has 0 saturated carbocycles. The van der Waals surface area contributed by atoms with E-state index in [0.29, 0.717) is 0 Å². The van der Waals surface area contributed by atoms with Crippen LogP contribution in [0.3, 0.4) is 0 Å². The Bertz CT molecular complexity index is 2840. The molecule has 0 radical (unpaired) electrons. The van der Waals surface area contributed by atoms with Crippen LogP contribution in [-0.4, -0.2) is 514 Å².